The molecule has 0 amide bonds. The highest BCUT2D eigenvalue weighted by Crippen LogP contribution is 2.32. The minimum absolute atomic E-state index is 0.0723. The number of carbonyl (C=O) groups excluding carboxylic acids is 1. The minimum atomic E-state index is -3.50. The van der Waals surface area contributed by atoms with Crippen LogP contribution in [0.3, 0.4) is 0 Å². The molecule has 2 rings (SSSR count). The third-order valence-electron chi connectivity index (χ3n) is 3.55. The van der Waals surface area contributed by atoms with Gasteiger partial charge in [0, 0.05) is 24.4 Å². The summed E-state index contributed by atoms with van der Waals surface area (Å²) < 4.78 is 33.4. The zero-order valence-corrected chi connectivity index (χ0v) is 15.5. The Labute approximate surface area is 151 Å². The van der Waals surface area contributed by atoms with Crippen LogP contribution in [0.4, 0.5) is 11.8 Å². The number of hydrogen-bond donors (Lipinski definition) is 2. The Kier molecular flexibility index (Phi) is 5.66. The van der Waals surface area contributed by atoms with Crippen LogP contribution < -0.4 is 20.9 Å². The molecule has 0 unspecified atom stereocenters. The first-order valence-corrected chi connectivity index (χ1v) is 9.53. The number of anilines is 2. The molecule has 2 aromatic rings. The summed E-state index contributed by atoms with van der Waals surface area (Å²) in [5.74, 6) is -0.512. The molecular weight excluding hydrogens is 360 g/mol. The number of rotatable bonds is 7. The van der Waals surface area contributed by atoms with E-state index in [2.05, 4.69) is 9.97 Å². The van der Waals surface area contributed by atoms with Crippen molar-refractivity contribution in [2.24, 2.45) is 0 Å². The van der Waals surface area contributed by atoms with E-state index in [4.69, 9.17) is 20.9 Å². The molecule has 0 saturated heterocycles. The maximum Gasteiger partial charge on any atom is 0.221 e. The van der Waals surface area contributed by atoms with Gasteiger partial charge in [-0.3, -0.25) is 4.79 Å². The van der Waals surface area contributed by atoms with Crippen molar-refractivity contribution >= 4 is 27.4 Å². The summed E-state index contributed by atoms with van der Waals surface area (Å²) in [6, 6.07) is 3.24. The van der Waals surface area contributed by atoms with Gasteiger partial charge in [0.2, 0.25) is 5.95 Å². The largest absolute Gasteiger partial charge is 0.496 e. The predicted octanol–water partition coefficient (Wildman–Crippen LogP) is 0.476. The van der Waals surface area contributed by atoms with Gasteiger partial charge in [-0.1, -0.05) is 0 Å². The van der Waals surface area contributed by atoms with Crippen molar-refractivity contribution in [3.05, 3.63) is 35.0 Å². The van der Waals surface area contributed by atoms with Gasteiger partial charge < -0.3 is 20.9 Å². The van der Waals surface area contributed by atoms with Crippen LogP contribution in [0.5, 0.6) is 11.5 Å². The number of benzene rings is 1. The molecule has 0 saturated carbocycles. The number of aromatic nitrogens is 2. The first-order valence-electron chi connectivity index (χ1n) is 7.47. The average molecular weight is 380 g/mol. The maximum absolute atomic E-state index is 12.4. The van der Waals surface area contributed by atoms with Crippen molar-refractivity contribution in [2.45, 2.75) is 6.42 Å². The molecule has 0 fully saturated rings. The van der Waals surface area contributed by atoms with Crippen LogP contribution in [0.1, 0.15) is 21.5 Å². The molecule has 1 aromatic carbocycles. The minimum Gasteiger partial charge on any atom is -0.496 e. The number of nitrogens with two attached hydrogens (primary N) is 2. The average Bonchev–Trinajstić information content (AvgIpc) is 2.54. The Morgan fingerprint density at radius 2 is 1.73 bits per heavy atom. The number of ether oxygens (including phenoxy) is 2. The van der Waals surface area contributed by atoms with Gasteiger partial charge in [0.05, 0.1) is 14.2 Å². The summed E-state index contributed by atoms with van der Waals surface area (Å²) >= 11 is 0. The standard InChI is InChI=1S/C16H20N4O5S/c1-24-12-5-9(4-10-7-19-16(18)20-15(10)17)6-13(25-2)14(12)11(21)8-26(3,22)23/h5-7H,4,8H2,1-3H3,(H4,17,18,19,20). The quantitative estimate of drug-likeness (QED) is 0.654. The molecule has 1 heterocycles. The molecule has 0 aliphatic heterocycles. The monoisotopic (exact) mass is 380 g/mol. The van der Waals surface area contributed by atoms with Crippen LogP contribution in [0.15, 0.2) is 18.3 Å². The Bertz CT molecular complexity index is 919. The summed E-state index contributed by atoms with van der Waals surface area (Å²) in [6.07, 6.45) is 2.85. The third kappa shape index (κ3) is 4.60. The third-order valence-corrected chi connectivity index (χ3v) is 4.34. The number of methoxy groups -OCH3 is 2. The number of nitrogen functional groups attached to an aromatic ring is 2. The fourth-order valence-electron chi connectivity index (χ4n) is 2.44. The van der Waals surface area contributed by atoms with E-state index in [1.807, 2.05) is 0 Å². The molecule has 0 bridgehead atoms. The highest BCUT2D eigenvalue weighted by molar-refractivity contribution is 7.91. The van der Waals surface area contributed by atoms with Crippen molar-refractivity contribution in [1.29, 1.82) is 0 Å². The van der Waals surface area contributed by atoms with E-state index in [0.717, 1.165) is 11.8 Å². The van der Waals surface area contributed by atoms with Gasteiger partial charge in [-0.15, -0.1) is 0 Å². The van der Waals surface area contributed by atoms with Crippen LogP contribution in [-0.4, -0.2) is 50.4 Å². The summed E-state index contributed by atoms with van der Waals surface area (Å²) in [5.41, 5.74) is 12.8. The lowest BCUT2D eigenvalue weighted by molar-refractivity contribution is 0.101. The van der Waals surface area contributed by atoms with Gasteiger partial charge in [-0.25, -0.2) is 13.4 Å². The van der Waals surface area contributed by atoms with Crippen molar-refractivity contribution in [1.82, 2.24) is 9.97 Å². The second-order valence-electron chi connectivity index (χ2n) is 5.68. The molecule has 9 nitrogen and oxygen atoms in total. The molecule has 0 aliphatic carbocycles. The molecule has 0 radical (unpaired) electrons. The van der Waals surface area contributed by atoms with E-state index < -0.39 is 21.4 Å². The van der Waals surface area contributed by atoms with Gasteiger partial charge in [0.25, 0.3) is 0 Å². The first kappa shape index (κ1) is 19.4. The van der Waals surface area contributed by atoms with E-state index in [-0.39, 0.29) is 28.8 Å². The van der Waals surface area contributed by atoms with Crippen LogP contribution in [-0.2, 0) is 16.3 Å². The van der Waals surface area contributed by atoms with E-state index in [1.165, 1.54) is 20.4 Å². The molecule has 0 aliphatic rings. The Morgan fingerprint density at radius 1 is 1.15 bits per heavy atom. The van der Waals surface area contributed by atoms with Gasteiger partial charge in [-0.2, -0.15) is 4.98 Å². The maximum atomic E-state index is 12.4. The topological polar surface area (TPSA) is 147 Å². The summed E-state index contributed by atoms with van der Waals surface area (Å²) in [7, 11) is -0.725. The lowest BCUT2D eigenvalue weighted by atomic mass is 10.0. The second-order valence-corrected chi connectivity index (χ2v) is 7.82. The van der Waals surface area contributed by atoms with E-state index in [1.54, 1.807) is 12.1 Å². The van der Waals surface area contributed by atoms with E-state index >= 15 is 0 Å². The fraction of sp³-hybridized carbons (Fsp3) is 0.312. The van der Waals surface area contributed by atoms with Crippen molar-refractivity contribution in [3.63, 3.8) is 0 Å². The van der Waals surface area contributed by atoms with Crippen molar-refractivity contribution < 1.29 is 22.7 Å². The first-order chi connectivity index (χ1) is 12.1. The van der Waals surface area contributed by atoms with Crippen LogP contribution in [0, 0.1) is 0 Å². The Hall–Kier alpha value is -2.88. The van der Waals surface area contributed by atoms with Crippen LogP contribution >= 0.6 is 0 Å². The molecule has 1 aromatic heterocycles. The normalized spacial score (nSPS) is 11.2. The fourth-order valence-corrected chi connectivity index (χ4v) is 3.06. The second kappa shape index (κ2) is 7.56. The zero-order chi connectivity index (χ0) is 19.5. The molecule has 4 N–H and O–H groups in total. The number of hydrogen-bond acceptors (Lipinski definition) is 9. The van der Waals surface area contributed by atoms with Crippen LogP contribution in [0.2, 0.25) is 0 Å². The Balaban J connectivity index is 2.46. The summed E-state index contributed by atoms with van der Waals surface area (Å²) in [4.78, 5) is 20.2. The molecule has 26 heavy (non-hydrogen) atoms. The smallest absolute Gasteiger partial charge is 0.221 e. The van der Waals surface area contributed by atoms with Crippen molar-refractivity contribution in [2.75, 3.05) is 37.7 Å². The van der Waals surface area contributed by atoms with Gasteiger partial charge in [-0.05, 0) is 17.7 Å². The number of sulfone groups is 1. The predicted molar refractivity (Wildman–Crippen MR) is 97.3 cm³/mol. The Morgan fingerprint density at radius 3 is 2.19 bits per heavy atom. The summed E-state index contributed by atoms with van der Waals surface area (Å²) in [5, 5.41) is 0. The summed E-state index contributed by atoms with van der Waals surface area (Å²) in [6.45, 7) is 0. The van der Waals surface area contributed by atoms with E-state index in [0.29, 0.717) is 12.0 Å². The number of ketones is 1. The highest BCUT2D eigenvalue weighted by Gasteiger charge is 2.23. The molecule has 0 spiro atoms. The number of Topliss-reactive ketones (excluding diaryl/α,β-unsaturated/α-hetero) is 1. The van der Waals surface area contributed by atoms with Gasteiger partial charge >= 0.3 is 0 Å². The highest BCUT2D eigenvalue weighted by atomic mass is 32.2. The number of nitrogens with zero attached hydrogens (tertiary/aromatic N) is 2. The van der Waals surface area contributed by atoms with Gasteiger partial charge in [0.15, 0.2) is 15.6 Å². The number of carbonyl (C=O) groups is 1. The molecule has 10 heteroatoms. The lowest BCUT2D eigenvalue weighted by Crippen LogP contribution is -2.16. The van der Waals surface area contributed by atoms with Crippen molar-refractivity contribution in [3.8, 4) is 11.5 Å². The van der Waals surface area contributed by atoms with Crippen LogP contribution in [0.25, 0.3) is 0 Å². The molecular formula is C16H20N4O5S. The van der Waals surface area contributed by atoms with Gasteiger partial charge in [0.1, 0.15) is 28.6 Å². The SMILES string of the molecule is COc1cc(Cc2cnc(N)nc2N)cc(OC)c1C(=O)CS(C)(=O)=O. The molecule has 0 atom stereocenters. The van der Waals surface area contributed by atoms with E-state index in [9.17, 15) is 13.2 Å². The molecule has 140 valence electrons. The zero-order valence-electron chi connectivity index (χ0n) is 14.6. The lowest BCUT2D eigenvalue weighted by Gasteiger charge is -2.15.